The van der Waals surface area contributed by atoms with Gasteiger partial charge in [-0.05, 0) is 53.4 Å². The van der Waals surface area contributed by atoms with Crippen LogP contribution in [0.2, 0.25) is 10.0 Å². The number of carbonyl (C=O) groups excluding carboxylic acids is 1. The average molecular weight is 458 g/mol. The minimum Gasteiger partial charge on any atom is -0.489 e. The highest BCUT2D eigenvalue weighted by atomic mass is 35.5. The minimum absolute atomic E-state index is 0.181. The monoisotopic (exact) mass is 457 g/mol. The van der Waals surface area contributed by atoms with Gasteiger partial charge in [0.15, 0.2) is 0 Å². The second-order valence-corrected chi connectivity index (χ2v) is 8.36. The van der Waals surface area contributed by atoms with Gasteiger partial charge in [-0.15, -0.1) is 11.3 Å². The predicted molar refractivity (Wildman–Crippen MR) is 121 cm³/mol. The maximum Gasteiger partial charge on any atom is 0.265 e. The predicted octanol–water partition coefficient (Wildman–Crippen LogP) is 6.13. The van der Waals surface area contributed by atoms with Gasteiger partial charge < -0.3 is 10.1 Å². The van der Waals surface area contributed by atoms with Gasteiger partial charge in [-0.2, -0.15) is 5.10 Å². The van der Waals surface area contributed by atoms with E-state index in [1.54, 1.807) is 29.2 Å². The van der Waals surface area contributed by atoms with Crippen LogP contribution >= 0.6 is 34.5 Å². The Labute approximate surface area is 187 Å². The van der Waals surface area contributed by atoms with Gasteiger partial charge in [-0.3, -0.25) is 9.48 Å². The van der Waals surface area contributed by atoms with Crippen LogP contribution in [0.1, 0.15) is 20.8 Å². The van der Waals surface area contributed by atoms with E-state index in [2.05, 4.69) is 10.4 Å². The van der Waals surface area contributed by atoms with Crippen LogP contribution in [0.25, 0.3) is 0 Å². The van der Waals surface area contributed by atoms with E-state index in [0.29, 0.717) is 33.8 Å². The number of anilines is 1. The molecule has 0 unspecified atom stereocenters. The lowest BCUT2D eigenvalue weighted by molar-refractivity contribution is 0.103. The van der Waals surface area contributed by atoms with Crippen molar-refractivity contribution in [1.29, 1.82) is 0 Å². The lowest BCUT2D eigenvalue weighted by atomic mass is 10.2. The van der Waals surface area contributed by atoms with Crippen molar-refractivity contribution in [2.24, 2.45) is 0 Å². The van der Waals surface area contributed by atoms with Crippen LogP contribution < -0.4 is 10.1 Å². The zero-order valence-electron chi connectivity index (χ0n) is 15.7. The van der Waals surface area contributed by atoms with E-state index >= 15 is 0 Å². The smallest absolute Gasteiger partial charge is 0.265 e. The molecule has 1 amide bonds. The average Bonchev–Trinajstić information content (AvgIpc) is 3.37. The van der Waals surface area contributed by atoms with E-state index in [-0.39, 0.29) is 5.91 Å². The van der Waals surface area contributed by atoms with E-state index in [4.69, 9.17) is 27.9 Å². The van der Waals surface area contributed by atoms with E-state index in [1.165, 1.54) is 11.3 Å². The first-order valence-electron chi connectivity index (χ1n) is 9.09. The molecule has 2 aromatic carbocycles. The Hall–Kier alpha value is -2.80. The molecule has 8 heteroatoms. The van der Waals surface area contributed by atoms with E-state index in [9.17, 15) is 4.79 Å². The molecule has 2 aromatic heterocycles. The molecule has 1 N–H and O–H groups in total. The molecule has 4 aromatic rings. The summed E-state index contributed by atoms with van der Waals surface area (Å²) in [6.07, 6.45) is 3.41. The van der Waals surface area contributed by atoms with E-state index in [0.717, 1.165) is 16.9 Å². The zero-order valence-corrected chi connectivity index (χ0v) is 18.0. The Kier molecular flexibility index (Phi) is 6.38. The highest BCUT2D eigenvalue weighted by Crippen LogP contribution is 2.21. The summed E-state index contributed by atoms with van der Waals surface area (Å²) in [5.74, 6) is 0.545. The molecule has 0 aliphatic heterocycles. The van der Waals surface area contributed by atoms with Gasteiger partial charge in [0, 0.05) is 21.8 Å². The number of nitrogens with zero attached hydrogens (tertiary/aromatic N) is 2. The number of hydrogen-bond acceptors (Lipinski definition) is 4. The third kappa shape index (κ3) is 5.42. The van der Waals surface area contributed by atoms with E-state index in [1.807, 2.05) is 47.8 Å². The Bertz CT molecular complexity index is 1160. The molecule has 4 rings (SSSR count). The number of ether oxygens (including phenoxy) is 1. The molecule has 30 heavy (non-hydrogen) atoms. The molecule has 0 spiro atoms. The summed E-state index contributed by atoms with van der Waals surface area (Å²) < 4.78 is 7.47. The third-order valence-corrected chi connectivity index (χ3v) is 5.69. The largest absolute Gasteiger partial charge is 0.489 e. The van der Waals surface area contributed by atoms with Crippen molar-refractivity contribution in [3.05, 3.63) is 98.4 Å². The fourth-order valence-corrected chi connectivity index (χ4v) is 3.93. The molecule has 0 aliphatic rings. The van der Waals surface area contributed by atoms with Crippen LogP contribution in [0.4, 0.5) is 5.69 Å². The molecule has 5 nitrogen and oxygen atoms in total. The summed E-state index contributed by atoms with van der Waals surface area (Å²) in [5.41, 5.74) is 2.60. The number of rotatable bonds is 7. The number of aromatic nitrogens is 2. The first-order valence-corrected chi connectivity index (χ1v) is 10.7. The molecule has 2 heterocycles. The molecular formula is C22H17Cl2N3O2S. The summed E-state index contributed by atoms with van der Waals surface area (Å²) in [4.78, 5) is 13.1. The molecule has 0 bridgehead atoms. The second kappa shape index (κ2) is 9.34. The zero-order chi connectivity index (χ0) is 20.9. The molecule has 0 radical (unpaired) electrons. The number of carbonyl (C=O) groups is 1. The lowest BCUT2D eigenvalue weighted by Gasteiger charge is -2.04. The minimum atomic E-state index is -0.181. The molecule has 0 aliphatic carbocycles. The molecule has 0 saturated heterocycles. The first kappa shape index (κ1) is 20.5. The topological polar surface area (TPSA) is 56.2 Å². The number of hydrogen-bond donors (Lipinski definition) is 1. The second-order valence-electron chi connectivity index (χ2n) is 6.57. The Morgan fingerprint density at radius 2 is 1.90 bits per heavy atom. The molecule has 152 valence electrons. The van der Waals surface area contributed by atoms with Crippen molar-refractivity contribution < 1.29 is 9.53 Å². The Balaban J connectivity index is 1.33. The van der Waals surface area contributed by atoms with Gasteiger partial charge in [0.2, 0.25) is 0 Å². The number of nitrogens with one attached hydrogen (secondary N) is 1. The van der Waals surface area contributed by atoms with Crippen molar-refractivity contribution in [2.75, 3.05) is 5.32 Å². The lowest BCUT2D eigenvalue weighted by Crippen LogP contribution is -2.09. The van der Waals surface area contributed by atoms with Crippen LogP contribution in [0.5, 0.6) is 5.75 Å². The SMILES string of the molecule is O=C(Nc1cnn(Cc2cccc(Cl)c2)c1)c1cc(COc2ccc(Cl)cc2)cs1. The quantitative estimate of drug-likeness (QED) is 0.363. The van der Waals surface area contributed by atoms with Crippen LogP contribution in [-0.4, -0.2) is 15.7 Å². The van der Waals surface area contributed by atoms with Crippen molar-refractivity contribution in [3.63, 3.8) is 0 Å². The molecular weight excluding hydrogens is 441 g/mol. The van der Waals surface area contributed by atoms with Crippen molar-refractivity contribution in [2.45, 2.75) is 13.2 Å². The van der Waals surface area contributed by atoms with Crippen molar-refractivity contribution in [1.82, 2.24) is 9.78 Å². The van der Waals surface area contributed by atoms with Gasteiger partial charge in [-0.25, -0.2) is 0 Å². The summed E-state index contributed by atoms with van der Waals surface area (Å²) in [6, 6.07) is 16.6. The Morgan fingerprint density at radius 3 is 2.70 bits per heavy atom. The highest BCUT2D eigenvalue weighted by molar-refractivity contribution is 7.12. The summed E-state index contributed by atoms with van der Waals surface area (Å²) in [5, 5.41) is 10.4. The number of benzene rings is 2. The third-order valence-electron chi connectivity index (χ3n) is 4.22. The van der Waals surface area contributed by atoms with Crippen LogP contribution in [0.3, 0.4) is 0 Å². The van der Waals surface area contributed by atoms with Crippen LogP contribution in [0.15, 0.2) is 72.4 Å². The first-order chi connectivity index (χ1) is 14.5. The maximum absolute atomic E-state index is 12.5. The van der Waals surface area contributed by atoms with E-state index < -0.39 is 0 Å². The van der Waals surface area contributed by atoms with Crippen molar-refractivity contribution >= 4 is 46.1 Å². The normalized spacial score (nSPS) is 10.7. The maximum atomic E-state index is 12.5. The van der Waals surface area contributed by atoms with Gasteiger partial charge in [0.05, 0.1) is 23.3 Å². The van der Waals surface area contributed by atoms with Gasteiger partial charge in [0.1, 0.15) is 12.4 Å². The fourth-order valence-electron chi connectivity index (χ4n) is 2.80. The number of amides is 1. The molecule has 0 saturated carbocycles. The van der Waals surface area contributed by atoms with Crippen LogP contribution in [0, 0.1) is 0 Å². The standard InChI is InChI=1S/C22H17Cl2N3O2S/c23-17-4-6-20(7-5-17)29-13-16-9-21(30-14-16)22(28)26-19-10-25-27(12-19)11-15-2-1-3-18(24)8-15/h1-10,12,14H,11,13H2,(H,26,28). The summed E-state index contributed by atoms with van der Waals surface area (Å²) >= 11 is 13.3. The summed E-state index contributed by atoms with van der Waals surface area (Å²) in [6.45, 7) is 0.949. The molecule has 0 fully saturated rings. The Morgan fingerprint density at radius 1 is 1.07 bits per heavy atom. The molecule has 0 atom stereocenters. The van der Waals surface area contributed by atoms with Crippen LogP contribution in [-0.2, 0) is 13.2 Å². The summed E-state index contributed by atoms with van der Waals surface area (Å²) in [7, 11) is 0. The van der Waals surface area contributed by atoms with Gasteiger partial charge in [0.25, 0.3) is 5.91 Å². The van der Waals surface area contributed by atoms with Gasteiger partial charge >= 0.3 is 0 Å². The van der Waals surface area contributed by atoms with Crippen molar-refractivity contribution in [3.8, 4) is 5.75 Å². The number of thiophene rings is 1. The highest BCUT2D eigenvalue weighted by Gasteiger charge is 2.11. The van der Waals surface area contributed by atoms with Gasteiger partial charge in [-0.1, -0.05) is 35.3 Å². The number of halogens is 2. The fraction of sp³-hybridized carbons (Fsp3) is 0.0909.